The van der Waals surface area contributed by atoms with Crippen LogP contribution in [-0.4, -0.2) is 4.92 Å². The fraction of sp³-hybridized carbons (Fsp3) is 0. The first-order valence-corrected chi connectivity index (χ1v) is 2.56. The Kier molecular flexibility index (Phi) is 1.74. The molecular formula is C5H2N2O4. The molecule has 0 saturated carbocycles. The zero-order valence-corrected chi connectivity index (χ0v) is 5.18. The van der Waals surface area contributed by atoms with E-state index in [2.05, 4.69) is 9.43 Å². The third-order valence-electron chi connectivity index (χ3n) is 0.928. The molecule has 6 heteroatoms. The van der Waals surface area contributed by atoms with Crippen molar-refractivity contribution in [3.63, 3.8) is 0 Å². The summed E-state index contributed by atoms with van der Waals surface area (Å²) in [7, 11) is 0. The van der Waals surface area contributed by atoms with Gasteiger partial charge in [-0.1, -0.05) is 0 Å². The number of rotatable bonds is 1. The van der Waals surface area contributed by atoms with Crippen molar-refractivity contribution in [3.05, 3.63) is 38.2 Å². The van der Waals surface area contributed by atoms with E-state index < -0.39 is 10.8 Å². The molecule has 0 aliphatic rings. The summed E-state index contributed by atoms with van der Waals surface area (Å²) < 4.78 is 4.48. The molecule has 0 saturated heterocycles. The Balaban J connectivity index is 2.96. The summed E-state index contributed by atoms with van der Waals surface area (Å²) in [4.78, 5) is 9.28. The number of nitro groups is 1. The highest BCUT2D eigenvalue weighted by molar-refractivity contribution is 5.27. The lowest BCUT2D eigenvalue weighted by Crippen LogP contribution is -1.82. The van der Waals surface area contributed by atoms with Crippen molar-refractivity contribution in [2.75, 3.05) is 0 Å². The van der Waals surface area contributed by atoms with E-state index in [1.807, 2.05) is 6.07 Å². The molecular weight excluding hydrogens is 152 g/mol. The lowest BCUT2D eigenvalue weighted by Gasteiger charge is -1.77. The van der Waals surface area contributed by atoms with Crippen molar-refractivity contribution in [3.8, 4) is 6.07 Å². The van der Waals surface area contributed by atoms with E-state index in [4.69, 9.17) is 0 Å². The molecule has 0 spiro atoms. The minimum Gasteiger partial charge on any atom is -0.498 e. The highest BCUT2D eigenvalue weighted by atomic mass is 16.6. The van der Waals surface area contributed by atoms with Gasteiger partial charge in [-0.05, 0) is 0 Å². The van der Waals surface area contributed by atoms with Crippen molar-refractivity contribution in [1.29, 1.82) is 0 Å². The van der Waals surface area contributed by atoms with Gasteiger partial charge in [-0.2, -0.15) is 0 Å². The number of hydrogen-bond donors (Lipinski definition) is 0. The molecule has 6 nitrogen and oxygen atoms in total. The van der Waals surface area contributed by atoms with Crippen LogP contribution in [0.15, 0.2) is 16.5 Å². The molecule has 1 heterocycles. The van der Waals surface area contributed by atoms with E-state index in [-0.39, 0.29) is 5.76 Å². The van der Waals surface area contributed by atoms with Crippen LogP contribution in [0.2, 0.25) is 0 Å². The number of hydrogen-bond acceptors (Lipinski definition) is 4. The van der Waals surface area contributed by atoms with Crippen LogP contribution in [0.1, 0.15) is 5.76 Å². The van der Waals surface area contributed by atoms with Crippen LogP contribution in [0.4, 0.5) is 5.88 Å². The predicted molar refractivity (Wildman–Crippen MR) is 35.1 cm³/mol. The monoisotopic (exact) mass is 154 g/mol. The van der Waals surface area contributed by atoms with Crippen molar-refractivity contribution in [2.24, 2.45) is 0 Å². The van der Waals surface area contributed by atoms with Gasteiger partial charge in [0.2, 0.25) is 0 Å². The zero-order valence-electron chi connectivity index (χ0n) is 5.18. The lowest BCUT2D eigenvalue weighted by atomic mass is 10.5. The van der Waals surface area contributed by atoms with Gasteiger partial charge in [0.25, 0.3) is 5.76 Å². The minimum atomic E-state index is -0.712. The largest absolute Gasteiger partial charge is 0.498 e. The molecule has 1 rings (SSSR count). The summed E-state index contributed by atoms with van der Waals surface area (Å²) in [5, 5.41) is 21.8. The second-order valence-electron chi connectivity index (χ2n) is 1.60. The minimum absolute atomic E-state index is 0.0494. The fourth-order valence-electron chi connectivity index (χ4n) is 0.531. The summed E-state index contributed by atoms with van der Waals surface area (Å²) >= 11 is 0. The summed E-state index contributed by atoms with van der Waals surface area (Å²) in [5.74, 6) is -0.483. The molecule has 0 aromatic carbocycles. The third kappa shape index (κ3) is 1.46. The van der Waals surface area contributed by atoms with Crippen molar-refractivity contribution in [1.82, 2.24) is 0 Å². The average Bonchev–Trinajstić information content (AvgIpc) is 2.37. The predicted octanol–water partition coefficient (Wildman–Crippen LogP) is 1.37. The first-order valence-electron chi connectivity index (χ1n) is 2.56. The zero-order chi connectivity index (χ0) is 8.27. The van der Waals surface area contributed by atoms with Crippen LogP contribution in [-0.2, 0) is 0 Å². The standard InChI is InChI=1S/C5H2N2O4/c8-6-3-4-1-2-5(11-4)7(9)10/h1-2H. The maximum atomic E-state index is 9.99. The summed E-state index contributed by atoms with van der Waals surface area (Å²) in [6.07, 6.45) is 0. The lowest BCUT2D eigenvalue weighted by molar-refractivity contribution is -0.402. The maximum absolute atomic E-state index is 9.99. The third-order valence-corrected chi connectivity index (χ3v) is 0.928. The highest BCUT2D eigenvalue weighted by Gasteiger charge is 2.12. The Bertz CT molecular complexity index is 332. The Hall–Kier alpha value is -2.03. The van der Waals surface area contributed by atoms with Gasteiger partial charge in [-0.3, -0.25) is 10.1 Å². The van der Waals surface area contributed by atoms with Crippen LogP contribution < -0.4 is 0 Å². The molecule has 0 aliphatic heterocycles. The second kappa shape index (κ2) is 2.70. The van der Waals surface area contributed by atoms with Gasteiger partial charge in [0.1, 0.15) is 4.92 Å². The molecule has 0 radical (unpaired) electrons. The van der Waals surface area contributed by atoms with Crippen LogP contribution in [0.25, 0.3) is 5.01 Å². The first-order chi connectivity index (χ1) is 5.24. The molecule has 0 aliphatic carbocycles. The topological polar surface area (TPSA) is 83.7 Å². The molecule has 0 fully saturated rings. The van der Waals surface area contributed by atoms with Crippen LogP contribution in [0, 0.1) is 21.4 Å². The second-order valence-corrected chi connectivity index (χ2v) is 1.60. The summed E-state index contributed by atoms with van der Waals surface area (Å²) in [5.41, 5.74) is 0. The summed E-state index contributed by atoms with van der Waals surface area (Å²) in [6.45, 7) is 0. The Labute approximate surface area is 60.6 Å². The Morgan fingerprint density at radius 1 is 1.64 bits per heavy atom. The molecule has 1 aromatic rings. The SMILES string of the molecule is O=[N+]([O-])c1ccc(C#[N+][O-])o1. The molecule has 56 valence electrons. The molecule has 1 aromatic heterocycles. The van der Waals surface area contributed by atoms with E-state index in [0.29, 0.717) is 0 Å². The van der Waals surface area contributed by atoms with Gasteiger partial charge >= 0.3 is 12.0 Å². The van der Waals surface area contributed by atoms with Crippen LogP contribution >= 0.6 is 0 Å². The molecule has 0 amide bonds. The van der Waals surface area contributed by atoms with Crippen LogP contribution in [0.3, 0.4) is 0 Å². The van der Waals surface area contributed by atoms with Gasteiger partial charge in [-0.25, -0.2) is 0 Å². The number of nitrogens with zero attached hydrogens (tertiary/aromatic N) is 2. The van der Waals surface area contributed by atoms with Crippen molar-refractivity contribution >= 4 is 5.88 Å². The van der Waals surface area contributed by atoms with Gasteiger partial charge in [0, 0.05) is 11.1 Å². The van der Waals surface area contributed by atoms with Crippen molar-refractivity contribution < 1.29 is 9.34 Å². The van der Waals surface area contributed by atoms with E-state index in [1.54, 1.807) is 0 Å². The van der Waals surface area contributed by atoms with Crippen LogP contribution in [0.5, 0.6) is 0 Å². The summed E-state index contributed by atoms with van der Waals surface area (Å²) in [6, 6.07) is 4.24. The maximum Gasteiger partial charge on any atom is 0.434 e. The van der Waals surface area contributed by atoms with Gasteiger partial charge < -0.3 is 9.62 Å². The Morgan fingerprint density at radius 3 is 2.82 bits per heavy atom. The fourth-order valence-corrected chi connectivity index (χ4v) is 0.531. The highest BCUT2D eigenvalue weighted by Crippen LogP contribution is 2.14. The average molecular weight is 154 g/mol. The van der Waals surface area contributed by atoms with Crippen molar-refractivity contribution in [2.45, 2.75) is 0 Å². The van der Waals surface area contributed by atoms with E-state index in [9.17, 15) is 15.3 Å². The molecule has 0 atom stereocenters. The molecule has 0 unspecified atom stereocenters. The normalized spacial score (nSPS) is 8.36. The van der Waals surface area contributed by atoms with Gasteiger partial charge in [0.15, 0.2) is 0 Å². The number of furan rings is 1. The Morgan fingerprint density at radius 2 is 2.36 bits per heavy atom. The van der Waals surface area contributed by atoms with E-state index in [0.717, 1.165) is 6.07 Å². The molecule has 11 heavy (non-hydrogen) atoms. The smallest absolute Gasteiger partial charge is 0.434 e. The van der Waals surface area contributed by atoms with Gasteiger partial charge in [-0.15, -0.1) is 0 Å². The van der Waals surface area contributed by atoms with E-state index in [1.165, 1.54) is 6.07 Å². The molecule has 0 N–H and O–H groups in total. The quantitative estimate of drug-likeness (QED) is 0.451. The first kappa shape index (κ1) is 7.08. The molecule has 0 bridgehead atoms. The van der Waals surface area contributed by atoms with Gasteiger partial charge in [0.05, 0.1) is 6.07 Å². The van der Waals surface area contributed by atoms with E-state index >= 15 is 0 Å².